The van der Waals surface area contributed by atoms with Crippen LogP contribution in [0.3, 0.4) is 0 Å². The lowest BCUT2D eigenvalue weighted by Crippen LogP contribution is -2.31. The van der Waals surface area contributed by atoms with Crippen molar-refractivity contribution < 1.29 is 9.26 Å². The Morgan fingerprint density at radius 3 is 2.29 bits per heavy atom. The predicted molar refractivity (Wildman–Crippen MR) is 108 cm³/mol. The quantitative estimate of drug-likeness (QED) is 0.587. The third kappa shape index (κ3) is 4.49. The molecule has 28 heavy (non-hydrogen) atoms. The second kappa shape index (κ2) is 9.13. The Hall–Kier alpha value is -2.50. The lowest BCUT2D eigenvalue weighted by atomic mass is 9.91. The van der Waals surface area contributed by atoms with E-state index in [2.05, 4.69) is 41.2 Å². The maximum Gasteiger partial charge on any atom is 0.240 e. The molecule has 2 aromatic carbocycles. The first-order chi connectivity index (χ1) is 13.8. The molecule has 1 atom stereocenters. The van der Waals surface area contributed by atoms with Gasteiger partial charge in [-0.3, -0.25) is 4.90 Å². The number of hydrogen-bond acceptors (Lipinski definition) is 5. The maximum atomic E-state index is 5.77. The fraction of sp³-hybridized carbons (Fsp3) is 0.391. The van der Waals surface area contributed by atoms with Gasteiger partial charge in [0.2, 0.25) is 5.89 Å². The molecular formula is C23H27N3O2. The van der Waals surface area contributed by atoms with E-state index in [-0.39, 0.29) is 5.92 Å². The summed E-state index contributed by atoms with van der Waals surface area (Å²) in [6, 6.07) is 20.7. The highest BCUT2D eigenvalue weighted by Gasteiger charge is 2.24. The molecule has 2 heterocycles. The zero-order chi connectivity index (χ0) is 19.2. The number of hydrogen-bond donors (Lipinski definition) is 0. The summed E-state index contributed by atoms with van der Waals surface area (Å²) in [6.45, 7) is 5.53. The van der Waals surface area contributed by atoms with Crippen molar-refractivity contribution in [2.75, 3.05) is 19.7 Å². The summed E-state index contributed by atoms with van der Waals surface area (Å²) >= 11 is 0. The fourth-order valence-electron chi connectivity index (χ4n) is 3.80. The van der Waals surface area contributed by atoms with Gasteiger partial charge in [-0.1, -0.05) is 72.7 Å². The highest BCUT2D eigenvalue weighted by Crippen LogP contribution is 2.30. The van der Waals surface area contributed by atoms with Crippen LogP contribution in [0.25, 0.3) is 0 Å². The van der Waals surface area contributed by atoms with Gasteiger partial charge in [-0.15, -0.1) is 0 Å². The van der Waals surface area contributed by atoms with E-state index in [4.69, 9.17) is 14.2 Å². The van der Waals surface area contributed by atoms with Gasteiger partial charge in [0.05, 0.1) is 18.6 Å². The summed E-state index contributed by atoms with van der Waals surface area (Å²) in [5.74, 6) is 1.33. The zero-order valence-electron chi connectivity index (χ0n) is 16.3. The highest BCUT2D eigenvalue weighted by molar-refractivity contribution is 5.37. The Labute approximate surface area is 166 Å². The van der Waals surface area contributed by atoms with Crippen molar-refractivity contribution in [1.29, 1.82) is 0 Å². The van der Waals surface area contributed by atoms with Crippen molar-refractivity contribution >= 4 is 0 Å². The van der Waals surface area contributed by atoms with Gasteiger partial charge >= 0.3 is 0 Å². The second-order valence-electron chi connectivity index (χ2n) is 7.26. The minimum absolute atomic E-state index is 0.0341. The number of aromatic nitrogens is 2. The molecule has 1 aliphatic rings. The smallest absolute Gasteiger partial charge is 0.240 e. The third-order valence-corrected chi connectivity index (χ3v) is 5.30. The number of ether oxygens (including phenoxy) is 1. The van der Waals surface area contributed by atoms with E-state index >= 15 is 0 Å². The van der Waals surface area contributed by atoms with E-state index in [9.17, 15) is 0 Å². The molecule has 0 spiro atoms. The van der Waals surface area contributed by atoms with Gasteiger partial charge in [0.25, 0.3) is 0 Å². The molecule has 5 nitrogen and oxygen atoms in total. The van der Waals surface area contributed by atoms with Gasteiger partial charge in [0.1, 0.15) is 0 Å². The highest BCUT2D eigenvalue weighted by atomic mass is 16.5. The van der Waals surface area contributed by atoms with E-state index in [1.54, 1.807) is 0 Å². The van der Waals surface area contributed by atoms with Crippen molar-refractivity contribution in [2.45, 2.75) is 38.3 Å². The van der Waals surface area contributed by atoms with E-state index in [1.807, 2.05) is 36.4 Å². The first-order valence-corrected chi connectivity index (χ1v) is 10.1. The van der Waals surface area contributed by atoms with Gasteiger partial charge < -0.3 is 9.26 Å². The summed E-state index contributed by atoms with van der Waals surface area (Å²) in [4.78, 5) is 7.08. The molecule has 1 fully saturated rings. The molecule has 146 valence electrons. The monoisotopic (exact) mass is 377 g/mol. The van der Waals surface area contributed by atoms with Crippen molar-refractivity contribution in [3.8, 4) is 0 Å². The van der Waals surface area contributed by atoms with Gasteiger partial charge in [-0.05, 0) is 30.5 Å². The van der Waals surface area contributed by atoms with Crippen molar-refractivity contribution in [3.05, 3.63) is 83.5 Å². The number of rotatable bonds is 8. The molecule has 0 radical (unpaired) electrons. The minimum atomic E-state index is -0.0341. The molecule has 0 aliphatic carbocycles. The summed E-state index contributed by atoms with van der Waals surface area (Å²) < 4.78 is 11.4. The summed E-state index contributed by atoms with van der Waals surface area (Å²) in [7, 11) is 0. The average Bonchev–Trinajstić information content (AvgIpc) is 3.42. The summed E-state index contributed by atoms with van der Waals surface area (Å²) in [5.41, 5.74) is 2.32. The Bertz CT molecular complexity index is 805. The van der Waals surface area contributed by atoms with Gasteiger partial charge in [0, 0.05) is 13.2 Å². The van der Waals surface area contributed by atoms with E-state index in [0.29, 0.717) is 24.4 Å². The molecule has 4 rings (SSSR count). The van der Waals surface area contributed by atoms with Gasteiger partial charge in [-0.2, -0.15) is 4.98 Å². The standard InChI is InChI=1S/C23H27N3O2/c1-2-26(16-20-14-9-15-27-20)17-21-24-23(25-28-21)22(18-10-5-3-6-11-18)19-12-7-4-8-13-19/h3-8,10-13,20,22H,2,9,14-17H2,1H3/t20-/m1/s1. The molecule has 0 unspecified atom stereocenters. The lowest BCUT2D eigenvalue weighted by molar-refractivity contribution is 0.0689. The van der Waals surface area contributed by atoms with Crippen LogP contribution < -0.4 is 0 Å². The van der Waals surface area contributed by atoms with Crippen LogP contribution in [0.4, 0.5) is 0 Å². The molecule has 0 saturated carbocycles. The largest absolute Gasteiger partial charge is 0.377 e. The van der Waals surface area contributed by atoms with Crippen LogP contribution in [0, 0.1) is 0 Å². The molecule has 0 amide bonds. The molecular weight excluding hydrogens is 350 g/mol. The minimum Gasteiger partial charge on any atom is -0.377 e. The maximum absolute atomic E-state index is 5.77. The number of nitrogens with zero attached hydrogens (tertiary/aromatic N) is 3. The van der Waals surface area contributed by atoms with Crippen LogP contribution in [0.5, 0.6) is 0 Å². The van der Waals surface area contributed by atoms with Crippen LogP contribution in [0.2, 0.25) is 0 Å². The van der Waals surface area contributed by atoms with Crippen LogP contribution in [-0.4, -0.2) is 40.8 Å². The van der Waals surface area contributed by atoms with Crippen LogP contribution >= 0.6 is 0 Å². The molecule has 5 heteroatoms. The molecule has 1 aromatic heterocycles. The van der Waals surface area contributed by atoms with Crippen molar-refractivity contribution in [2.24, 2.45) is 0 Å². The van der Waals surface area contributed by atoms with Gasteiger partial charge in [0.15, 0.2) is 5.82 Å². The summed E-state index contributed by atoms with van der Waals surface area (Å²) in [6.07, 6.45) is 2.61. The van der Waals surface area contributed by atoms with E-state index in [0.717, 1.165) is 43.7 Å². The Balaban J connectivity index is 1.54. The average molecular weight is 377 g/mol. The summed E-state index contributed by atoms with van der Waals surface area (Å²) in [5, 5.41) is 4.34. The SMILES string of the molecule is CCN(Cc1nc(C(c2ccccc2)c2ccccc2)no1)C[C@H]1CCCO1. The van der Waals surface area contributed by atoms with Crippen molar-refractivity contribution in [3.63, 3.8) is 0 Å². The molecule has 3 aromatic rings. The molecule has 1 aliphatic heterocycles. The Morgan fingerprint density at radius 1 is 1.04 bits per heavy atom. The van der Waals surface area contributed by atoms with Crippen molar-refractivity contribution in [1.82, 2.24) is 15.0 Å². The molecule has 0 bridgehead atoms. The normalized spacial score (nSPS) is 16.9. The Kier molecular flexibility index (Phi) is 6.14. The van der Waals surface area contributed by atoms with E-state index in [1.165, 1.54) is 0 Å². The van der Waals surface area contributed by atoms with Crippen LogP contribution in [0.1, 0.15) is 48.5 Å². The number of benzene rings is 2. The Morgan fingerprint density at radius 2 is 1.71 bits per heavy atom. The number of likely N-dealkylation sites (N-methyl/N-ethyl adjacent to an activating group) is 1. The second-order valence-corrected chi connectivity index (χ2v) is 7.26. The fourth-order valence-corrected chi connectivity index (χ4v) is 3.80. The lowest BCUT2D eigenvalue weighted by Gasteiger charge is -2.21. The molecule has 0 N–H and O–H groups in total. The van der Waals surface area contributed by atoms with Crippen LogP contribution in [0.15, 0.2) is 65.2 Å². The van der Waals surface area contributed by atoms with E-state index < -0.39 is 0 Å². The predicted octanol–water partition coefficient (Wildman–Crippen LogP) is 4.25. The topological polar surface area (TPSA) is 51.4 Å². The van der Waals surface area contributed by atoms with Crippen LogP contribution in [-0.2, 0) is 11.3 Å². The first kappa shape index (κ1) is 18.8. The zero-order valence-corrected chi connectivity index (χ0v) is 16.3. The van der Waals surface area contributed by atoms with Gasteiger partial charge in [-0.25, -0.2) is 0 Å². The molecule has 1 saturated heterocycles. The third-order valence-electron chi connectivity index (χ3n) is 5.30. The first-order valence-electron chi connectivity index (χ1n) is 10.1.